The van der Waals surface area contributed by atoms with Gasteiger partial charge in [-0.05, 0) is 66.3 Å². The third kappa shape index (κ3) is 12.6. The van der Waals surface area contributed by atoms with Crippen molar-refractivity contribution in [2.24, 2.45) is 5.92 Å². The number of ether oxygens (including phenoxy) is 3. The Morgan fingerprint density at radius 2 is 1.73 bits per heavy atom. The molecule has 3 aromatic carbocycles. The van der Waals surface area contributed by atoms with E-state index in [4.69, 9.17) is 14.2 Å². The predicted molar refractivity (Wildman–Crippen MR) is 274 cm³/mol. The van der Waals surface area contributed by atoms with Crippen LogP contribution in [0.15, 0.2) is 115 Å². The van der Waals surface area contributed by atoms with E-state index in [1.54, 1.807) is 40.6 Å². The summed E-state index contributed by atoms with van der Waals surface area (Å²) in [5.74, 6) is 2.29. The first kappa shape index (κ1) is 53.4. The maximum Gasteiger partial charge on any atom is 0.256 e. The zero-order chi connectivity index (χ0) is 52.3. The number of likely N-dealkylation sites (tertiary alicyclic amines) is 1. The van der Waals surface area contributed by atoms with Gasteiger partial charge in [-0.1, -0.05) is 87.4 Å². The molecule has 0 bridgehead atoms. The molecule has 18 heteroatoms. The number of allylic oxidation sites excluding steroid dienone is 4. The third-order valence-corrected chi connectivity index (χ3v) is 13.4. The Morgan fingerprint density at radius 1 is 0.986 bits per heavy atom. The Labute approximate surface area is 427 Å². The summed E-state index contributed by atoms with van der Waals surface area (Å²) in [6, 6.07) is 14.8. The average Bonchev–Trinajstić information content (AvgIpc) is 4.17. The first-order valence-corrected chi connectivity index (χ1v) is 24.7. The molecular weight excluding hydrogens is 956 g/mol. The van der Waals surface area contributed by atoms with Crippen LogP contribution in [0.2, 0.25) is 0 Å². The summed E-state index contributed by atoms with van der Waals surface area (Å²) in [6.45, 7) is 15.5. The summed E-state index contributed by atoms with van der Waals surface area (Å²) in [7, 11) is 0. The Bertz CT molecular complexity index is 2890. The number of β-amino-alcohol motifs (C(OH)–C–C–N with tert-alkyl or cyclic N) is 1. The number of carbonyl (C=O) groups excluding carboxylic acids is 5. The number of nitrogens with zero attached hydrogens (tertiary/aromatic N) is 4. The number of anilines is 1. The lowest BCUT2D eigenvalue weighted by molar-refractivity contribution is -0.143. The molecule has 382 valence electrons. The highest BCUT2D eigenvalue weighted by atomic mass is 32.1. The Hall–Kier alpha value is -7.43. The Morgan fingerprint density at radius 3 is 2.44 bits per heavy atom. The van der Waals surface area contributed by atoms with Gasteiger partial charge in [-0.3, -0.25) is 29.3 Å². The van der Waals surface area contributed by atoms with Crippen LogP contribution in [0.4, 0.5) is 9.52 Å². The number of rotatable bonds is 21. The van der Waals surface area contributed by atoms with E-state index in [9.17, 15) is 38.6 Å². The molecule has 16 nitrogen and oxygen atoms in total. The molecule has 0 unspecified atom stereocenters. The van der Waals surface area contributed by atoms with Gasteiger partial charge in [0.2, 0.25) is 11.8 Å². The van der Waals surface area contributed by atoms with Gasteiger partial charge in [-0.15, -0.1) is 11.3 Å². The molecule has 3 aliphatic rings. The van der Waals surface area contributed by atoms with Crippen LogP contribution >= 0.6 is 11.3 Å². The summed E-state index contributed by atoms with van der Waals surface area (Å²) in [5, 5.41) is 28.6. The van der Waals surface area contributed by atoms with Gasteiger partial charge in [0.15, 0.2) is 5.13 Å². The van der Waals surface area contributed by atoms with Crippen LogP contribution in [-0.2, 0) is 43.5 Å². The summed E-state index contributed by atoms with van der Waals surface area (Å²) in [5.41, 5.74) is 5.03. The smallest absolute Gasteiger partial charge is 0.256 e. The predicted octanol–water partition coefficient (Wildman–Crippen LogP) is 6.73. The topological polar surface area (TPSA) is 200 Å². The Kier molecular flexibility index (Phi) is 17.8. The van der Waals surface area contributed by atoms with Crippen LogP contribution in [0.3, 0.4) is 0 Å². The van der Waals surface area contributed by atoms with Crippen molar-refractivity contribution in [3.63, 3.8) is 0 Å². The highest BCUT2D eigenvalue weighted by molar-refractivity contribution is 7.13. The van der Waals surface area contributed by atoms with Gasteiger partial charge in [0.1, 0.15) is 48.7 Å². The Balaban J connectivity index is 0.904. The summed E-state index contributed by atoms with van der Waals surface area (Å²) < 4.78 is 31.8. The largest absolute Gasteiger partial charge is 0.508 e. The quantitative estimate of drug-likeness (QED) is 0.0299. The molecule has 3 aliphatic heterocycles. The molecule has 4 heterocycles. The van der Waals surface area contributed by atoms with Crippen molar-refractivity contribution in [1.29, 1.82) is 0 Å². The second kappa shape index (κ2) is 24.3. The van der Waals surface area contributed by atoms with Crippen molar-refractivity contribution in [2.75, 3.05) is 44.9 Å². The fourth-order valence-electron chi connectivity index (χ4n) is 9.08. The molecule has 1 fully saturated rings. The molecule has 0 aliphatic carbocycles. The van der Waals surface area contributed by atoms with E-state index in [1.807, 2.05) is 64.1 Å². The van der Waals surface area contributed by atoms with E-state index in [0.717, 1.165) is 34.1 Å². The molecule has 0 radical (unpaired) electrons. The number of halogens is 1. The molecule has 73 heavy (non-hydrogen) atoms. The van der Waals surface area contributed by atoms with Crippen LogP contribution in [0.5, 0.6) is 5.75 Å². The van der Waals surface area contributed by atoms with Gasteiger partial charge >= 0.3 is 0 Å². The van der Waals surface area contributed by atoms with Gasteiger partial charge in [-0.2, -0.15) is 0 Å². The van der Waals surface area contributed by atoms with Crippen LogP contribution in [0.1, 0.15) is 82.6 Å². The first-order valence-electron chi connectivity index (χ1n) is 23.8. The SMILES string of the molecule is C=C(F)/C=C(\C(=C)O)[C@@H](C(=O)Nc1nccs1)N1Cc2cccc(C#CCOCCOCCOc3cc(/C(C)=C\C)ccc3CNC(=O)[C@@H]3C[C@@H](O)CN3C(=O)[C@H](C(C)C)N3Cc4ccccc4C3=O)c2C1=O. The molecule has 1 saturated heterocycles. The van der Waals surface area contributed by atoms with Crippen molar-refractivity contribution < 1.29 is 52.8 Å². The second-order valence-electron chi connectivity index (χ2n) is 18.0. The molecule has 1 aromatic heterocycles. The number of aliphatic hydroxyl groups excluding tert-OH is 2. The van der Waals surface area contributed by atoms with Crippen LogP contribution in [0, 0.1) is 17.8 Å². The maximum absolute atomic E-state index is 14.2. The highest BCUT2D eigenvalue weighted by Gasteiger charge is 2.46. The van der Waals surface area contributed by atoms with Crippen molar-refractivity contribution >= 4 is 51.6 Å². The zero-order valence-corrected chi connectivity index (χ0v) is 42.0. The minimum absolute atomic E-state index is 0.0131. The summed E-state index contributed by atoms with van der Waals surface area (Å²) >= 11 is 1.15. The van der Waals surface area contributed by atoms with E-state index in [-0.39, 0.29) is 99.6 Å². The number of nitrogens with one attached hydrogen (secondary N) is 2. The standard InChI is InChI=1S/C55H59FN6O10S/c1-7-34(4)38-17-18-39(29-58-50(65)45-28-42(64)32-60(45)54(69)48(33(2)3)61-30-40-12-8-9-16-43(40)52(61)67)46(27-38)72-24-23-71-22-21-70-20-11-15-37-13-10-14-41-31-62(53(68)47(37)41)49(44(36(6)63)26-35(5)56)51(66)59-55-57-19-25-73-55/h7-10,12-14,16-19,25-27,33,42,45,48-49,63-64H,5-6,20-24,28-32H2,1-4H3,(H,58,65)(H,57,59,66)/b34-7-,44-26+/t42-,45+,48+,49+/m1/s1. The highest BCUT2D eigenvalue weighted by Crippen LogP contribution is 2.34. The van der Waals surface area contributed by atoms with Gasteiger partial charge in [0.05, 0.1) is 31.5 Å². The lowest BCUT2D eigenvalue weighted by atomic mass is 10.00. The number of hydrogen-bond donors (Lipinski definition) is 4. The van der Waals surface area contributed by atoms with Crippen molar-refractivity contribution in [3.8, 4) is 17.6 Å². The number of hydrogen-bond acceptors (Lipinski definition) is 12. The molecule has 0 saturated carbocycles. The molecule has 4 aromatic rings. The molecule has 5 amide bonds. The molecule has 7 rings (SSSR count). The third-order valence-electron chi connectivity index (χ3n) is 12.7. The van der Waals surface area contributed by atoms with Gasteiger partial charge in [-0.25, -0.2) is 9.37 Å². The fraction of sp³-hybridized carbons (Fsp3) is 0.345. The number of benzene rings is 3. The second-order valence-corrected chi connectivity index (χ2v) is 18.9. The molecule has 4 atom stereocenters. The first-order chi connectivity index (χ1) is 35.1. The molecule has 4 N–H and O–H groups in total. The normalized spacial score (nSPS) is 17.2. The van der Waals surface area contributed by atoms with Gasteiger partial charge in [0.25, 0.3) is 17.7 Å². The number of fused-ring (bicyclic) bond motifs is 2. The number of carbonyl (C=O) groups is 5. The van der Waals surface area contributed by atoms with Crippen LogP contribution in [0.25, 0.3) is 5.57 Å². The van der Waals surface area contributed by atoms with Crippen molar-refractivity contribution in [2.45, 2.75) is 78.0 Å². The van der Waals surface area contributed by atoms with E-state index >= 15 is 0 Å². The number of aliphatic hydroxyl groups is 2. The lowest BCUT2D eigenvalue weighted by Crippen LogP contribution is -2.55. The number of aromatic nitrogens is 1. The van der Waals surface area contributed by atoms with Crippen molar-refractivity contribution in [3.05, 3.63) is 154 Å². The minimum atomic E-state index is -1.48. The van der Waals surface area contributed by atoms with Crippen LogP contribution in [-0.4, -0.2) is 123 Å². The number of amides is 5. The lowest BCUT2D eigenvalue weighted by Gasteiger charge is -2.35. The van der Waals surface area contributed by atoms with Crippen molar-refractivity contribution in [1.82, 2.24) is 25.0 Å². The van der Waals surface area contributed by atoms with E-state index in [0.29, 0.717) is 28.0 Å². The fourth-order valence-corrected chi connectivity index (χ4v) is 9.61. The monoisotopic (exact) mass is 1010 g/mol. The van der Waals surface area contributed by atoms with Gasteiger partial charge in [0, 0.05) is 66.4 Å². The summed E-state index contributed by atoms with van der Waals surface area (Å²) in [6.07, 6.45) is 3.48. The van der Waals surface area contributed by atoms with Crippen LogP contribution < -0.4 is 15.4 Å². The maximum atomic E-state index is 14.2. The van der Waals surface area contributed by atoms with E-state index in [1.165, 1.54) is 16.0 Å². The van der Waals surface area contributed by atoms with E-state index in [2.05, 4.69) is 40.6 Å². The van der Waals surface area contributed by atoms with E-state index < -0.39 is 53.5 Å². The molecular formula is C55H59FN6O10S. The summed E-state index contributed by atoms with van der Waals surface area (Å²) in [4.78, 5) is 77.3. The number of thiazole rings is 1. The average molecular weight is 1020 g/mol. The van der Waals surface area contributed by atoms with Gasteiger partial charge < -0.3 is 44.4 Å². The minimum Gasteiger partial charge on any atom is -0.508 e. The zero-order valence-electron chi connectivity index (χ0n) is 41.2. The molecule has 0 spiro atoms.